The Labute approximate surface area is 167 Å². The molecule has 0 bridgehead atoms. The number of hydrogen-bond acceptors (Lipinski definition) is 5. The van der Waals surface area contributed by atoms with Crippen molar-refractivity contribution in [3.8, 4) is 11.8 Å². The van der Waals surface area contributed by atoms with Crippen LogP contribution >= 0.6 is 11.8 Å². The number of esters is 1. The molecular weight excluding hydrogens is 360 g/mol. The van der Waals surface area contributed by atoms with Gasteiger partial charge in [-0.2, -0.15) is 0 Å². The van der Waals surface area contributed by atoms with Crippen molar-refractivity contribution in [2.24, 2.45) is 0 Å². The van der Waals surface area contributed by atoms with Gasteiger partial charge in [-0.25, -0.2) is 9.78 Å². The first-order chi connectivity index (χ1) is 13.1. The predicted octanol–water partition coefficient (Wildman–Crippen LogP) is 4.64. The lowest BCUT2D eigenvalue weighted by atomic mass is 10.1. The van der Waals surface area contributed by atoms with Gasteiger partial charge in [-0.15, -0.1) is 0 Å². The first-order valence-electron chi connectivity index (χ1n) is 9.97. The third-order valence-electron chi connectivity index (χ3n) is 4.08. The van der Waals surface area contributed by atoms with E-state index < -0.39 is 5.97 Å². The van der Waals surface area contributed by atoms with Crippen LogP contribution in [0.5, 0.6) is 0 Å². The first-order valence-corrected chi connectivity index (χ1v) is 11.0. The number of aromatic amines is 1. The average Bonchev–Trinajstić information content (AvgIpc) is 2.66. The maximum atomic E-state index is 11.5. The van der Waals surface area contributed by atoms with Crippen molar-refractivity contribution >= 4 is 17.7 Å². The maximum Gasteiger partial charge on any atom is 0.384 e. The van der Waals surface area contributed by atoms with Crippen molar-refractivity contribution in [3.05, 3.63) is 22.1 Å². The van der Waals surface area contributed by atoms with Crippen LogP contribution in [0.25, 0.3) is 0 Å². The second-order valence-corrected chi connectivity index (χ2v) is 7.61. The minimum Gasteiger partial charge on any atom is -0.456 e. The molecule has 0 aliphatic heterocycles. The second-order valence-electron chi connectivity index (χ2n) is 6.52. The van der Waals surface area contributed by atoms with Crippen LogP contribution in [0.4, 0.5) is 0 Å². The quantitative estimate of drug-likeness (QED) is 0.132. The van der Waals surface area contributed by atoms with Gasteiger partial charge in [-0.1, -0.05) is 69.6 Å². The van der Waals surface area contributed by atoms with Crippen LogP contribution in [-0.4, -0.2) is 28.3 Å². The number of hydrogen-bond donors (Lipinski definition) is 1. The highest BCUT2D eigenvalue weighted by atomic mass is 32.2. The standard InChI is InChI=1S/C21H32N2O3S/c1-3-4-14-19(24)26-15-12-10-8-6-5-7-9-11-13-16-27-21-22-17-18(2)20(25)23-21/h17H,3,5-13,15-16H2,1-2H3,(H,22,23,25). The Hall–Kier alpha value is -1.74. The van der Waals surface area contributed by atoms with Crippen molar-refractivity contribution < 1.29 is 9.53 Å². The van der Waals surface area contributed by atoms with E-state index in [1.807, 2.05) is 6.92 Å². The fourth-order valence-corrected chi connectivity index (χ4v) is 3.32. The molecule has 0 radical (unpaired) electrons. The van der Waals surface area contributed by atoms with Crippen LogP contribution in [0, 0.1) is 18.8 Å². The summed E-state index contributed by atoms with van der Waals surface area (Å²) in [4.78, 5) is 29.7. The molecule has 1 rings (SSSR count). The summed E-state index contributed by atoms with van der Waals surface area (Å²) in [6, 6.07) is 0. The molecule has 0 spiro atoms. The minimum atomic E-state index is -0.403. The lowest BCUT2D eigenvalue weighted by molar-refractivity contribution is -0.136. The summed E-state index contributed by atoms with van der Waals surface area (Å²) in [5.41, 5.74) is 0.609. The largest absolute Gasteiger partial charge is 0.456 e. The Morgan fingerprint density at radius 1 is 1.11 bits per heavy atom. The summed E-state index contributed by atoms with van der Waals surface area (Å²) in [6.45, 7) is 4.15. The number of ether oxygens (including phenoxy) is 1. The summed E-state index contributed by atoms with van der Waals surface area (Å²) >= 11 is 1.62. The summed E-state index contributed by atoms with van der Waals surface area (Å²) in [6.07, 6.45) is 12.9. The van der Waals surface area contributed by atoms with Crippen molar-refractivity contribution in [2.75, 3.05) is 12.4 Å². The molecule has 5 nitrogen and oxygen atoms in total. The molecule has 0 aliphatic carbocycles. The Kier molecular flexibility index (Phi) is 13.2. The van der Waals surface area contributed by atoms with Gasteiger partial charge in [0.05, 0.1) is 6.61 Å². The zero-order valence-electron chi connectivity index (χ0n) is 16.6. The van der Waals surface area contributed by atoms with E-state index in [9.17, 15) is 9.59 Å². The van der Waals surface area contributed by atoms with Gasteiger partial charge in [0.25, 0.3) is 5.56 Å². The van der Waals surface area contributed by atoms with Gasteiger partial charge in [0.1, 0.15) is 0 Å². The summed E-state index contributed by atoms with van der Waals surface area (Å²) in [5.74, 6) is 5.76. The van der Waals surface area contributed by atoms with E-state index in [1.54, 1.807) is 24.9 Å². The van der Waals surface area contributed by atoms with E-state index >= 15 is 0 Å². The molecular formula is C21H32N2O3S. The van der Waals surface area contributed by atoms with E-state index in [2.05, 4.69) is 21.8 Å². The highest BCUT2D eigenvalue weighted by Gasteiger charge is 2.00. The number of aryl methyl sites for hydroxylation is 1. The van der Waals surface area contributed by atoms with Gasteiger partial charge in [-0.05, 0) is 19.8 Å². The third kappa shape index (κ3) is 12.3. The Morgan fingerprint density at radius 3 is 2.37 bits per heavy atom. The number of unbranched alkanes of at least 4 members (excludes halogenated alkanes) is 8. The normalized spacial score (nSPS) is 10.3. The molecule has 0 unspecified atom stereocenters. The van der Waals surface area contributed by atoms with Gasteiger partial charge < -0.3 is 9.72 Å². The highest BCUT2D eigenvalue weighted by Crippen LogP contribution is 2.15. The smallest absolute Gasteiger partial charge is 0.384 e. The molecule has 0 amide bonds. The number of nitrogens with one attached hydrogen (secondary N) is 1. The molecule has 1 heterocycles. The number of H-pyrrole nitrogens is 1. The molecule has 1 aromatic rings. The zero-order valence-corrected chi connectivity index (χ0v) is 17.5. The second kappa shape index (κ2) is 15.3. The van der Waals surface area contributed by atoms with Crippen LogP contribution in [0.2, 0.25) is 0 Å². The molecule has 0 aliphatic rings. The summed E-state index contributed by atoms with van der Waals surface area (Å²) < 4.78 is 5.03. The van der Waals surface area contributed by atoms with Gasteiger partial charge in [0.15, 0.2) is 5.16 Å². The number of aromatic nitrogens is 2. The van der Waals surface area contributed by atoms with Gasteiger partial charge in [-0.3, -0.25) is 4.79 Å². The fourth-order valence-electron chi connectivity index (χ4n) is 2.49. The lowest BCUT2D eigenvalue weighted by Crippen LogP contribution is -2.10. The number of nitrogens with zero attached hydrogens (tertiary/aromatic N) is 1. The van der Waals surface area contributed by atoms with E-state index in [4.69, 9.17) is 4.74 Å². The molecule has 150 valence electrons. The zero-order chi connectivity index (χ0) is 19.7. The minimum absolute atomic E-state index is 0.0455. The SMILES string of the molecule is CCC#CC(=O)OCCCCCCCCCCCSc1ncc(C)c(=O)[nH]1. The Bertz CT molecular complexity index is 661. The van der Waals surface area contributed by atoms with Crippen LogP contribution < -0.4 is 5.56 Å². The number of carbonyl (C=O) groups is 1. The van der Waals surface area contributed by atoms with Crippen LogP contribution in [0.3, 0.4) is 0 Å². The van der Waals surface area contributed by atoms with E-state index in [-0.39, 0.29) is 5.56 Å². The van der Waals surface area contributed by atoms with Crippen LogP contribution in [0.15, 0.2) is 16.1 Å². The lowest BCUT2D eigenvalue weighted by Gasteiger charge is -2.03. The van der Waals surface area contributed by atoms with E-state index in [1.165, 1.54) is 38.5 Å². The van der Waals surface area contributed by atoms with Crippen molar-refractivity contribution in [3.63, 3.8) is 0 Å². The highest BCUT2D eigenvalue weighted by molar-refractivity contribution is 7.99. The predicted molar refractivity (Wildman–Crippen MR) is 111 cm³/mol. The summed E-state index contributed by atoms with van der Waals surface area (Å²) in [7, 11) is 0. The molecule has 0 atom stereocenters. The van der Waals surface area contributed by atoms with Gasteiger partial charge in [0.2, 0.25) is 0 Å². The molecule has 0 aromatic carbocycles. The van der Waals surface area contributed by atoms with Crippen molar-refractivity contribution in [2.45, 2.75) is 83.2 Å². The number of carbonyl (C=O) groups excluding carboxylic acids is 1. The average molecular weight is 393 g/mol. The third-order valence-corrected chi connectivity index (χ3v) is 5.06. The van der Waals surface area contributed by atoms with Crippen LogP contribution in [-0.2, 0) is 9.53 Å². The van der Waals surface area contributed by atoms with E-state index in [0.29, 0.717) is 23.7 Å². The molecule has 0 fully saturated rings. The molecule has 27 heavy (non-hydrogen) atoms. The van der Waals surface area contributed by atoms with E-state index in [0.717, 1.165) is 25.0 Å². The Balaban J connectivity index is 1.86. The molecule has 1 aromatic heterocycles. The molecule has 0 saturated carbocycles. The summed E-state index contributed by atoms with van der Waals surface area (Å²) in [5, 5.41) is 0.716. The Morgan fingerprint density at radius 2 is 1.74 bits per heavy atom. The number of rotatable bonds is 13. The molecule has 0 saturated heterocycles. The van der Waals surface area contributed by atoms with Crippen molar-refractivity contribution in [1.82, 2.24) is 9.97 Å². The van der Waals surface area contributed by atoms with Crippen LogP contribution in [0.1, 0.15) is 76.7 Å². The molecule has 6 heteroatoms. The topological polar surface area (TPSA) is 72.0 Å². The fraction of sp³-hybridized carbons (Fsp3) is 0.667. The van der Waals surface area contributed by atoms with Gasteiger partial charge in [0, 0.05) is 29.9 Å². The monoisotopic (exact) mass is 392 g/mol. The van der Waals surface area contributed by atoms with Crippen molar-refractivity contribution in [1.29, 1.82) is 0 Å². The molecule has 1 N–H and O–H groups in total. The first kappa shape index (κ1) is 23.3. The number of thioether (sulfide) groups is 1. The van der Waals surface area contributed by atoms with Gasteiger partial charge >= 0.3 is 5.97 Å². The maximum absolute atomic E-state index is 11.5.